The zero-order valence-corrected chi connectivity index (χ0v) is 8.15. The number of fused-ring (bicyclic) bond motifs is 1. The van der Waals surface area contributed by atoms with E-state index in [-0.39, 0.29) is 9.90 Å². The quantitative estimate of drug-likeness (QED) is 0.774. The molecule has 0 aliphatic carbocycles. The van der Waals surface area contributed by atoms with Crippen molar-refractivity contribution in [2.24, 2.45) is 0 Å². The van der Waals surface area contributed by atoms with Crippen molar-refractivity contribution in [3.63, 3.8) is 0 Å². The number of aromatic amines is 1. The second kappa shape index (κ2) is 3.07. The van der Waals surface area contributed by atoms with Crippen LogP contribution in [0.5, 0.6) is 0 Å². The highest BCUT2D eigenvalue weighted by Gasteiger charge is 2.16. The number of hydrogen-bond acceptors (Lipinski definition) is 4. The van der Waals surface area contributed by atoms with E-state index < -0.39 is 11.7 Å². The summed E-state index contributed by atoms with van der Waals surface area (Å²) >= 11 is 6.69. The van der Waals surface area contributed by atoms with Gasteiger partial charge < -0.3 is 5.11 Å². The van der Waals surface area contributed by atoms with E-state index in [1.165, 1.54) is 6.20 Å². The maximum absolute atomic E-state index is 10.8. The molecule has 0 aromatic carbocycles. The van der Waals surface area contributed by atoms with E-state index >= 15 is 0 Å². The number of halogens is 1. The number of carboxylic acids is 1. The van der Waals surface area contributed by atoms with E-state index in [0.29, 0.717) is 10.2 Å². The van der Waals surface area contributed by atoms with Gasteiger partial charge in [-0.15, -0.1) is 11.3 Å². The van der Waals surface area contributed by atoms with E-state index in [4.69, 9.17) is 16.7 Å². The van der Waals surface area contributed by atoms with Crippen molar-refractivity contribution in [3.8, 4) is 0 Å². The van der Waals surface area contributed by atoms with Crippen LogP contribution in [0.4, 0.5) is 0 Å². The Morgan fingerprint density at radius 2 is 2.36 bits per heavy atom. The van der Waals surface area contributed by atoms with Gasteiger partial charge in [0.15, 0.2) is 0 Å². The first-order valence-electron chi connectivity index (χ1n) is 3.50. The molecular weight excluding hydrogens is 228 g/mol. The second-order valence-electron chi connectivity index (χ2n) is 2.48. The van der Waals surface area contributed by atoms with Gasteiger partial charge in [0.05, 0.1) is 5.02 Å². The van der Waals surface area contributed by atoms with Crippen molar-refractivity contribution in [2.75, 3.05) is 0 Å². The molecular formula is C7H3ClN2O3S. The highest BCUT2D eigenvalue weighted by Crippen LogP contribution is 2.32. The summed E-state index contributed by atoms with van der Waals surface area (Å²) < 4.78 is 0. The fraction of sp³-hybridized carbons (Fsp3) is 0. The van der Waals surface area contributed by atoms with Crippen molar-refractivity contribution in [3.05, 3.63) is 26.6 Å². The first-order valence-corrected chi connectivity index (χ1v) is 4.69. The molecule has 0 atom stereocenters. The van der Waals surface area contributed by atoms with Gasteiger partial charge in [0.2, 0.25) is 0 Å². The average molecular weight is 231 g/mol. The Hall–Kier alpha value is -1.40. The number of nitrogens with one attached hydrogen (secondary N) is 1. The van der Waals surface area contributed by atoms with Crippen LogP contribution in [0.3, 0.4) is 0 Å². The van der Waals surface area contributed by atoms with Crippen LogP contribution in [-0.4, -0.2) is 21.0 Å². The molecule has 2 heterocycles. The fourth-order valence-corrected chi connectivity index (χ4v) is 2.31. The smallest absolute Gasteiger partial charge is 0.347 e. The van der Waals surface area contributed by atoms with Gasteiger partial charge in [0.1, 0.15) is 9.71 Å². The highest BCUT2D eigenvalue weighted by atomic mass is 35.5. The van der Waals surface area contributed by atoms with Crippen LogP contribution in [0.1, 0.15) is 9.67 Å². The SMILES string of the molecule is O=C(O)c1sc2[nH]c(=O)ncc2c1Cl. The van der Waals surface area contributed by atoms with Crippen LogP contribution in [0.25, 0.3) is 10.2 Å². The maximum Gasteiger partial charge on any atom is 0.347 e. The molecule has 2 rings (SSSR count). The van der Waals surface area contributed by atoms with Gasteiger partial charge in [0.25, 0.3) is 0 Å². The fourth-order valence-electron chi connectivity index (χ4n) is 1.02. The second-order valence-corrected chi connectivity index (χ2v) is 3.88. The van der Waals surface area contributed by atoms with Crippen molar-refractivity contribution in [1.82, 2.24) is 9.97 Å². The van der Waals surface area contributed by atoms with Gasteiger partial charge in [-0.1, -0.05) is 11.6 Å². The maximum atomic E-state index is 10.8. The number of rotatable bonds is 1. The monoisotopic (exact) mass is 230 g/mol. The molecule has 2 N–H and O–H groups in total. The van der Waals surface area contributed by atoms with Crippen LogP contribution in [-0.2, 0) is 0 Å². The van der Waals surface area contributed by atoms with Crippen molar-refractivity contribution < 1.29 is 9.90 Å². The van der Waals surface area contributed by atoms with Crippen LogP contribution < -0.4 is 5.69 Å². The third kappa shape index (κ3) is 1.28. The summed E-state index contributed by atoms with van der Waals surface area (Å²) in [7, 11) is 0. The summed E-state index contributed by atoms with van der Waals surface area (Å²) in [5.41, 5.74) is -0.521. The molecule has 0 fully saturated rings. The number of carboxylic acid groups (broad SMARTS) is 1. The third-order valence-corrected chi connectivity index (χ3v) is 3.22. The molecule has 0 aliphatic heterocycles. The summed E-state index contributed by atoms with van der Waals surface area (Å²) in [4.78, 5) is 27.8. The van der Waals surface area contributed by atoms with Crippen LogP contribution in [0, 0.1) is 0 Å². The Balaban J connectivity index is 2.86. The normalized spacial score (nSPS) is 10.6. The minimum Gasteiger partial charge on any atom is -0.477 e. The predicted octanol–water partition coefficient (Wildman–Crippen LogP) is 1.34. The molecule has 14 heavy (non-hydrogen) atoms. The van der Waals surface area contributed by atoms with Crippen LogP contribution in [0.15, 0.2) is 11.0 Å². The molecule has 7 heteroatoms. The predicted molar refractivity (Wildman–Crippen MR) is 52.2 cm³/mol. The zero-order chi connectivity index (χ0) is 10.3. The van der Waals surface area contributed by atoms with E-state index in [0.717, 1.165) is 11.3 Å². The Bertz CT molecular complexity index is 574. The Kier molecular flexibility index (Phi) is 2.01. The van der Waals surface area contributed by atoms with Gasteiger partial charge in [-0.3, -0.25) is 4.98 Å². The molecule has 0 bridgehead atoms. The van der Waals surface area contributed by atoms with Crippen molar-refractivity contribution >= 4 is 39.1 Å². The molecule has 5 nitrogen and oxygen atoms in total. The van der Waals surface area contributed by atoms with E-state index in [9.17, 15) is 9.59 Å². The first kappa shape index (κ1) is 9.17. The number of thiophene rings is 1. The first-order chi connectivity index (χ1) is 6.59. The van der Waals surface area contributed by atoms with Crippen LogP contribution >= 0.6 is 22.9 Å². The minimum absolute atomic E-state index is 0.00492. The number of H-pyrrole nitrogens is 1. The third-order valence-electron chi connectivity index (χ3n) is 1.61. The Labute approximate surface area is 86.0 Å². The Morgan fingerprint density at radius 1 is 1.64 bits per heavy atom. The lowest BCUT2D eigenvalue weighted by Gasteiger charge is -1.87. The lowest BCUT2D eigenvalue weighted by Crippen LogP contribution is -2.07. The molecule has 0 radical (unpaired) electrons. The minimum atomic E-state index is -1.11. The van der Waals surface area contributed by atoms with E-state index in [2.05, 4.69) is 9.97 Å². The van der Waals surface area contributed by atoms with E-state index in [1.807, 2.05) is 0 Å². The highest BCUT2D eigenvalue weighted by molar-refractivity contribution is 7.21. The Morgan fingerprint density at radius 3 is 3.00 bits per heavy atom. The summed E-state index contributed by atoms with van der Waals surface area (Å²) in [5.74, 6) is -1.11. The standard InChI is InChI=1S/C7H3ClN2O3S/c8-3-2-1-9-7(13)10-5(2)14-4(3)6(11)12/h1H,(H,11,12)(H,9,10,13). The molecule has 72 valence electrons. The molecule has 0 spiro atoms. The zero-order valence-electron chi connectivity index (χ0n) is 6.57. The lowest BCUT2D eigenvalue weighted by atomic mass is 10.3. The average Bonchev–Trinajstić information content (AvgIpc) is 2.43. The topological polar surface area (TPSA) is 83.0 Å². The van der Waals surface area contributed by atoms with Gasteiger partial charge >= 0.3 is 11.7 Å². The summed E-state index contributed by atoms with van der Waals surface area (Å²) in [6.07, 6.45) is 1.26. The van der Waals surface area contributed by atoms with Gasteiger partial charge in [0, 0.05) is 11.6 Å². The van der Waals surface area contributed by atoms with Gasteiger partial charge in [-0.25, -0.2) is 14.6 Å². The van der Waals surface area contributed by atoms with Gasteiger partial charge in [-0.05, 0) is 0 Å². The molecule has 2 aromatic rings. The summed E-state index contributed by atoms with van der Waals surface area (Å²) in [6.45, 7) is 0. The lowest BCUT2D eigenvalue weighted by molar-refractivity contribution is 0.0702. The molecule has 2 aromatic heterocycles. The number of carbonyl (C=O) groups is 1. The largest absolute Gasteiger partial charge is 0.477 e. The van der Waals surface area contributed by atoms with Gasteiger partial charge in [-0.2, -0.15) is 0 Å². The summed E-state index contributed by atoms with van der Waals surface area (Å²) in [5, 5.41) is 9.31. The molecule has 0 saturated carbocycles. The van der Waals surface area contributed by atoms with Crippen LogP contribution in [0.2, 0.25) is 5.02 Å². The molecule has 0 aliphatic rings. The van der Waals surface area contributed by atoms with E-state index in [1.54, 1.807) is 0 Å². The number of nitrogens with zero attached hydrogens (tertiary/aromatic N) is 1. The van der Waals surface area contributed by atoms with Crippen molar-refractivity contribution in [2.45, 2.75) is 0 Å². The number of aromatic carboxylic acids is 1. The summed E-state index contributed by atoms with van der Waals surface area (Å²) in [6, 6.07) is 0. The van der Waals surface area contributed by atoms with Crippen molar-refractivity contribution in [1.29, 1.82) is 0 Å². The molecule has 0 unspecified atom stereocenters. The molecule has 0 saturated heterocycles. The number of hydrogen-bond donors (Lipinski definition) is 2. The molecule has 0 amide bonds. The number of aromatic nitrogens is 2.